The van der Waals surface area contributed by atoms with Crippen molar-refractivity contribution >= 4 is 12.2 Å². The molecule has 0 saturated carbocycles. The second kappa shape index (κ2) is 5.40. The molecule has 3 rings (SSSR count). The molecule has 0 bridgehead atoms. The molecule has 1 amide bonds. The van der Waals surface area contributed by atoms with Gasteiger partial charge in [-0.25, -0.2) is 4.68 Å². The molecule has 1 heterocycles. The summed E-state index contributed by atoms with van der Waals surface area (Å²) in [6, 6.07) is 21.6. The third kappa shape index (κ3) is 2.31. The first-order chi connectivity index (χ1) is 9.88. The number of amides is 1. The van der Waals surface area contributed by atoms with E-state index >= 15 is 0 Å². The van der Waals surface area contributed by atoms with Gasteiger partial charge in [-0.1, -0.05) is 48.5 Å². The fourth-order valence-electron chi connectivity index (χ4n) is 2.09. The minimum atomic E-state index is 0.530. The lowest BCUT2D eigenvalue weighted by Gasteiger charge is -2.06. The molecule has 20 heavy (non-hydrogen) atoms. The molecule has 3 aromatic rings. The molecule has 0 aliphatic rings. The van der Waals surface area contributed by atoms with Crippen molar-refractivity contribution in [3.05, 3.63) is 66.7 Å². The monoisotopic (exact) mass is 263 g/mol. The number of hydrogen-bond donors (Lipinski definition) is 1. The summed E-state index contributed by atoms with van der Waals surface area (Å²) in [5, 5.41) is 7.02. The lowest BCUT2D eigenvalue weighted by molar-refractivity contribution is -0.105. The fraction of sp³-hybridized carbons (Fsp3) is 0. The SMILES string of the molecule is O=CNc1cc(-c2ccccc2)n(-c2ccccc2)n1. The third-order valence-corrected chi connectivity index (χ3v) is 2.99. The smallest absolute Gasteiger partial charge is 0.212 e. The van der Waals surface area contributed by atoms with E-state index in [1.165, 1.54) is 0 Å². The Kier molecular flexibility index (Phi) is 3.29. The van der Waals surface area contributed by atoms with Crippen LogP contribution in [-0.4, -0.2) is 16.2 Å². The van der Waals surface area contributed by atoms with E-state index in [0.29, 0.717) is 12.2 Å². The zero-order valence-electron chi connectivity index (χ0n) is 10.7. The van der Waals surface area contributed by atoms with Crippen LogP contribution in [0.3, 0.4) is 0 Å². The van der Waals surface area contributed by atoms with Gasteiger partial charge in [-0.05, 0) is 12.1 Å². The molecule has 4 heteroatoms. The van der Waals surface area contributed by atoms with Gasteiger partial charge in [-0.15, -0.1) is 5.10 Å². The number of hydrogen-bond acceptors (Lipinski definition) is 2. The molecular weight excluding hydrogens is 250 g/mol. The summed E-state index contributed by atoms with van der Waals surface area (Å²) >= 11 is 0. The van der Waals surface area contributed by atoms with E-state index in [2.05, 4.69) is 10.4 Å². The van der Waals surface area contributed by atoms with E-state index in [4.69, 9.17) is 0 Å². The van der Waals surface area contributed by atoms with Gasteiger partial charge in [0.1, 0.15) is 0 Å². The summed E-state index contributed by atoms with van der Waals surface area (Å²) in [6.45, 7) is 0. The van der Waals surface area contributed by atoms with Crippen molar-refractivity contribution in [2.75, 3.05) is 5.32 Å². The zero-order valence-corrected chi connectivity index (χ0v) is 10.7. The zero-order chi connectivity index (χ0) is 13.8. The molecule has 1 N–H and O–H groups in total. The quantitative estimate of drug-likeness (QED) is 0.735. The highest BCUT2D eigenvalue weighted by Crippen LogP contribution is 2.25. The van der Waals surface area contributed by atoms with Gasteiger partial charge in [0.15, 0.2) is 5.82 Å². The van der Waals surface area contributed by atoms with Crippen LogP contribution in [0.1, 0.15) is 0 Å². The van der Waals surface area contributed by atoms with E-state index in [1.54, 1.807) is 0 Å². The average molecular weight is 263 g/mol. The van der Waals surface area contributed by atoms with Gasteiger partial charge in [0.05, 0.1) is 11.4 Å². The van der Waals surface area contributed by atoms with Crippen molar-refractivity contribution in [3.8, 4) is 16.9 Å². The van der Waals surface area contributed by atoms with Crippen LogP contribution >= 0.6 is 0 Å². The van der Waals surface area contributed by atoms with Gasteiger partial charge in [-0.2, -0.15) is 0 Å². The van der Waals surface area contributed by atoms with Crippen molar-refractivity contribution in [2.45, 2.75) is 0 Å². The fourth-order valence-corrected chi connectivity index (χ4v) is 2.09. The molecule has 0 atom stereocenters. The van der Waals surface area contributed by atoms with Gasteiger partial charge in [0.2, 0.25) is 6.41 Å². The Morgan fingerprint density at radius 2 is 1.60 bits per heavy atom. The highest BCUT2D eigenvalue weighted by molar-refractivity contribution is 5.73. The molecule has 0 unspecified atom stereocenters. The summed E-state index contributed by atoms with van der Waals surface area (Å²) in [5.41, 5.74) is 2.93. The predicted molar refractivity (Wildman–Crippen MR) is 78.7 cm³/mol. The number of para-hydroxylation sites is 1. The van der Waals surface area contributed by atoms with Crippen molar-refractivity contribution in [3.63, 3.8) is 0 Å². The molecule has 98 valence electrons. The number of benzene rings is 2. The lowest BCUT2D eigenvalue weighted by atomic mass is 10.1. The van der Waals surface area contributed by atoms with Crippen molar-refractivity contribution < 1.29 is 4.79 Å². The predicted octanol–water partition coefficient (Wildman–Crippen LogP) is 3.11. The highest BCUT2D eigenvalue weighted by atomic mass is 16.1. The summed E-state index contributed by atoms with van der Waals surface area (Å²) in [5.74, 6) is 0.530. The number of nitrogens with zero attached hydrogens (tertiary/aromatic N) is 2. The van der Waals surface area contributed by atoms with E-state index < -0.39 is 0 Å². The van der Waals surface area contributed by atoms with Crippen LogP contribution in [0.15, 0.2) is 66.7 Å². The van der Waals surface area contributed by atoms with Crippen molar-refractivity contribution in [1.29, 1.82) is 0 Å². The minimum Gasteiger partial charge on any atom is -0.312 e. The van der Waals surface area contributed by atoms with Crippen LogP contribution in [0.25, 0.3) is 16.9 Å². The Morgan fingerprint density at radius 3 is 2.25 bits per heavy atom. The minimum absolute atomic E-state index is 0.530. The Labute approximate surface area is 116 Å². The molecule has 0 fully saturated rings. The second-order valence-corrected chi connectivity index (χ2v) is 4.29. The van der Waals surface area contributed by atoms with Gasteiger partial charge in [-0.3, -0.25) is 4.79 Å². The topological polar surface area (TPSA) is 46.9 Å². The number of carbonyl (C=O) groups is 1. The first kappa shape index (κ1) is 12.2. The number of carbonyl (C=O) groups excluding carboxylic acids is 1. The van der Waals surface area contributed by atoms with Crippen LogP contribution in [-0.2, 0) is 4.79 Å². The Hall–Kier alpha value is -2.88. The Bertz CT molecular complexity index is 648. The maximum atomic E-state index is 10.6. The van der Waals surface area contributed by atoms with Gasteiger partial charge >= 0.3 is 0 Å². The average Bonchev–Trinajstić information content (AvgIpc) is 2.93. The van der Waals surface area contributed by atoms with Crippen LogP contribution in [0, 0.1) is 0 Å². The number of nitrogens with one attached hydrogen (secondary N) is 1. The summed E-state index contributed by atoms with van der Waals surface area (Å²) in [7, 11) is 0. The summed E-state index contributed by atoms with van der Waals surface area (Å²) in [6.07, 6.45) is 0.631. The molecule has 0 aliphatic carbocycles. The molecular formula is C16H13N3O. The molecule has 0 saturated heterocycles. The summed E-state index contributed by atoms with van der Waals surface area (Å²) in [4.78, 5) is 10.6. The third-order valence-electron chi connectivity index (χ3n) is 2.99. The highest BCUT2D eigenvalue weighted by Gasteiger charge is 2.10. The maximum absolute atomic E-state index is 10.6. The van der Waals surface area contributed by atoms with Gasteiger partial charge in [0, 0.05) is 11.6 Å². The van der Waals surface area contributed by atoms with Crippen molar-refractivity contribution in [2.24, 2.45) is 0 Å². The van der Waals surface area contributed by atoms with Crippen LogP contribution in [0.4, 0.5) is 5.82 Å². The van der Waals surface area contributed by atoms with Gasteiger partial charge < -0.3 is 5.32 Å². The number of rotatable bonds is 4. The molecule has 0 spiro atoms. The first-order valence-electron chi connectivity index (χ1n) is 6.29. The van der Waals surface area contributed by atoms with E-state index in [9.17, 15) is 4.79 Å². The van der Waals surface area contributed by atoms with Crippen LogP contribution < -0.4 is 5.32 Å². The lowest BCUT2D eigenvalue weighted by Crippen LogP contribution is -2.00. The number of aromatic nitrogens is 2. The summed E-state index contributed by atoms with van der Waals surface area (Å²) < 4.78 is 1.82. The van der Waals surface area contributed by atoms with Crippen LogP contribution in [0.2, 0.25) is 0 Å². The number of anilines is 1. The Balaban J connectivity index is 2.15. The molecule has 0 aliphatic heterocycles. The van der Waals surface area contributed by atoms with E-state index in [-0.39, 0.29) is 0 Å². The largest absolute Gasteiger partial charge is 0.312 e. The van der Waals surface area contributed by atoms with Gasteiger partial charge in [0.25, 0.3) is 0 Å². The Morgan fingerprint density at radius 1 is 0.950 bits per heavy atom. The standard InChI is InChI=1S/C16H13N3O/c20-12-17-16-11-15(13-7-3-1-4-8-13)19(18-16)14-9-5-2-6-10-14/h1-12H,(H,17,18,20). The molecule has 0 radical (unpaired) electrons. The molecule has 4 nitrogen and oxygen atoms in total. The van der Waals surface area contributed by atoms with Crippen molar-refractivity contribution in [1.82, 2.24) is 9.78 Å². The van der Waals surface area contributed by atoms with Crippen LogP contribution in [0.5, 0.6) is 0 Å². The first-order valence-corrected chi connectivity index (χ1v) is 6.29. The maximum Gasteiger partial charge on any atom is 0.212 e. The van der Waals surface area contributed by atoms with E-state index in [0.717, 1.165) is 16.9 Å². The normalized spacial score (nSPS) is 10.2. The molecule has 2 aromatic carbocycles. The molecule has 1 aromatic heterocycles. The second-order valence-electron chi connectivity index (χ2n) is 4.29. The van der Waals surface area contributed by atoms with E-state index in [1.807, 2.05) is 71.4 Å².